The summed E-state index contributed by atoms with van der Waals surface area (Å²) in [4.78, 5) is 8.19. The van der Waals surface area contributed by atoms with E-state index in [9.17, 15) is 0 Å². The Kier molecular flexibility index (Phi) is 4.93. The molecular formula is C17H26N2O. The maximum atomic E-state index is 5.69. The highest BCUT2D eigenvalue weighted by atomic mass is 16.7. The van der Waals surface area contributed by atoms with E-state index in [1.165, 1.54) is 69.3 Å². The first-order valence-corrected chi connectivity index (χ1v) is 8.14. The number of rotatable bonds is 5. The summed E-state index contributed by atoms with van der Waals surface area (Å²) < 4.78 is 0. The number of anilines is 1. The average molecular weight is 274 g/mol. The molecule has 1 saturated heterocycles. The second-order valence-corrected chi connectivity index (χ2v) is 6.06. The van der Waals surface area contributed by atoms with E-state index in [-0.39, 0.29) is 0 Å². The molecule has 3 rings (SSSR count). The quantitative estimate of drug-likeness (QED) is 0.830. The summed E-state index contributed by atoms with van der Waals surface area (Å²) >= 11 is 0. The molecule has 110 valence electrons. The highest BCUT2D eigenvalue weighted by molar-refractivity contribution is 5.47. The van der Waals surface area contributed by atoms with Gasteiger partial charge in [0.05, 0.1) is 6.10 Å². The number of hydrogen-bond donors (Lipinski definition) is 1. The Bertz CT molecular complexity index is 392. The molecule has 0 spiro atoms. The van der Waals surface area contributed by atoms with Gasteiger partial charge in [0.15, 0.2) is 0 Å². The number of benzene rings is 1. The minimum absolute atomic E-state index is 0.433. The maximum Gasteiger partial charge on any atom is 0.0790 e. The largest absolute Gasteiger partial charge is 0.372 e. The highest BCUT2D eigenvalue weighted by Crippen LogP contribution is 2.21. The standard InChI is InChI=1S/C17H26N2O/c1-4-12-19(13-5-1)16-10-8-15(9-11-16)14-18-20-17-6-2-3-7-17/h8-11,17-18H,1-7,12-14H2. The van der Waals surface area contributed by atoms with Crippen molar-refractivity contribution in [2.75, 3.05) is 18.0 Å². The molecule has 1 aliphatic carbocycles. The van der Waals surface area contributed by atoms with Gasteiger partial charge in [0, 0.05) is 25.3 Å². The molecule has 20 heavy (non-hydrogen) atoms. The van der Waals surface area contributed by atoms with Crippen LogP contribution in [0.4, 0.5) is 5.69 Å². The maximum absolute atomic E-state index is 5.69. The van der Waals surface area contributed by atoms with Gasteiger partial charge in [0.25, 0.3) is 0 Å². The Morgan fingerprint density at radius 2 is 1.65 bits per heavy atom. The molecule has 0 bridgehead atoms. The van der Waals surface area contributed by atoms with E-state index >= 15 is 0 Å². The predicted octanol–water partition coefficient (Wildman–Crippen LogP) is 3.64. The number of nitrogens with one attached hydrogen (secondary N) is 1. The number of hydroxylamine groups is 1. The monoisotopic (exact) mass is 274 g/mol. The Labute approximate surface area is 122 Å². The van der Waals surface area contributed by atoms with Gasteiger partial charge in [-0.15, -0.1) is 0 Å². The van der Waals surface area contributed by atoms with Crippen LogP contribution in [-0.4, -0.2) is 19.2 Å². The fourth-order valence-electron chi connectivity index (χ4n) is 3.23. The summed E-state index contributed by atoms with van der Waals surface area (Å²) in [7, 11) is 0. The molecule has 1 aromatic carbocycles. The minimum Gasteiger partial charge on any atom is -0.372 e. The molecule has 0 amide bonds. The predicted molar refractivity (Wildman–Crippen MR) is 82.7 cm³/mol. The normalized spacial score (nSPS) is 20.5. The van der Waals surface area contributed by atoms with E-state index in [0.717, 1.165) is 6.54 Å². The van der Waals surface area contributed by atoms with Crippen LogP contribution in [0.25, 0.3) is 0 Å². The fourth-order valence-corrected chi connectivity index (χ4v) is 3.23. The van der Waals surface area contributed by atoms with E-state index in [0.29, 0.717) is 6.10 Å². The van der Waals surface area contributed by atoms with Crippen molar-refractivity contribution in [3.8, 4) is 0 Å². The first kappa shape index (κ1) is 13.9. The van der Waals surface area contributed by atoms with Crippen molar-refractivity contribution in [1.82, 2.24) is 5.48 Å². The van der Waals surface area contributed by atoms with Crippen molar-refractivity contribution in [2.45, 2.75) is 57.6 Å². The zero-order valence-electron chi connectivity index (χ0n) is 12.3. The van der Waals surface area contributed by atoms with E-state index < -0.39 is 0 Å². The summed E-state index contributed by atoms with van der Waals surface area (Å²) in [6.45, 7) is 3.22. The van der Waals surface area contributed by atoms with Crippen LogP contribution >= 0.6 is 0 Å². The molecular weight excluding hydrogens is 248 g/mol. The second-order valence-electron chi connectivity index (χ2n) is 6.06. The lowest BCUT2D eigenvalue weighted by molar-refractivity contribution is -0.0244. The third-order valence-corrected chi connectivity index (χ3v) is 4.49. The van der Waals surface area contributed by atoms with E-state index in [2.05, 4.69) is 34.6 Å². The van der Waals surface area contributed by atoms with Gasteiger partial charge in [-0.25, -0.2) is 0 Å². The van der Waals surface area contributed by atoms with Gasteiger partial charge in [0.1, 0.15) is 0 Å². The molecule has 2 aliphatic rings. The van der Waals surface area contributed by atoms with Crippen molar-refractivity contribution >= 4 is 5.69 Å². The molecule has 0 unspecified atom stereocenters. The van der Waals surface area contributed by atoms with Gasteiger partial charge in [-0.2, -0.15) is 5.48 Å². The van der Waals surface area contributed by atoms with Gasteiger partial charge < -0.3 is 4.90 Å². The molecule has 1 N–H and O–H groups in total. The number of nitrogens with zero attached hydrogens (tertiary/aromatic N) is 1. The SMILES string of the molecule is c1cc(N2CCCCC2)ccc1CNOC1CCCC1. The first-order chi connectivity index (χ1) is 9.92. The topological polar surface area (TPSA) is 24.5 Å². The molecule has 1 aliphatic heterocycles. The average Bonchev–Trinajstić information content (AvgIpc) is 3.02. The van der Waals surface area contributed by atoms with Crippen molar-refractivity contribution in [3.63, 3.8) is 0 Å². The van der Waals surface area contributed by atoms with Crippen LogP contribution in [0.15, 0.2) is 24.3 Å². The minimum atomic E-state index is 0.433. The van der Waals surface area contributed by atoms with Gasteiger partial charge in [0.2, 0.25) is 0 Å². The summed E-state index contributed by atoms with van der Waals surface area (Å²) in [5.41, 5.74) is 5.79. The van der Waals surface area contributed by atoms with E-state index in [1.54, 1.807) is 0 Å². The van der Waals surface area contributed by atoms with E-state index in [1.807, 2.05) is 0 Å². The molecule has 1 aromatic rings. The lowest BCUT2D eigenvalue weighted by Crippen LogP contribution is -2.29. The summed E-state index contributed by atoms with van der Waals surface area (Å²) in [5, 5.41) is 0. The Balaban J connectivity index is 1.45. The fraction of sp³-hybridized carbons (Fsp3) is 0.647. The summed E-state index contributed by atoms with van der Waals surface area (Å²) in [6, 6.07) is 8.93. The van der Waals surface area contributed by atoms with Gasteiger partial charge in [-0.3, -0.25) is 4.84 Å². The van der Waals surface area contributed by atoms with Crippen LogP contribution in [0.3, 0.4) is 0 Å². The van der Waals surface area contributed by atoms with Crippen molar-refractivity contribution in [3.05, 3.63) is 29.8 Å². The molecule has 0 radical (unpaired) electrons. The Morgan fingerprint density at radius 3 is 2.35 bits per heavy atom. The molecule has 0 aromatic heterocycles. The first-order valence-electron chi connectivity index (χ1n) is 8.14. The molecule has 3 nitrogen and oxygen atoms in total. The van der Waals surface area contributed by atoms with Crippen molar-refractivity contribution in [2.24, 2.45) is 0 Å². The number of hydrogen-bond acceptors (Lipinski definition) is 3. The van der Waals surface area contributed by atoms with Crippen LogP contribution in [0, 0.1) is 0 Å². The lowest BCUT2D eigenvalue weighted by atomic mass is 10.1. The molecule has 2 fully saturated rings. The Morgan fingerprint density at radius 1 is 0.950 bits per heavy atom. The summed E-state index contributed by atoms with van der Waals surface area (Å²) in [5.74, 6) is 0. The van der Waals surface area contributed by atoms with Crippen LogP contribution in [0.2, 0.25) is 0 Å². The van der Waals surface area contributed by atoms with Crippen LogP contribution in [-0.2, 0) is 11.4 Å². The van der Waals surface area contributed by atoms with Crippen molar-refractivity contribution < 1.29 is 4.84 Å². The van der Waals surface area contributed by atoms with Crippen molar-refractivity contribution in [1.29, 1.82) is 0 Å². The summed E-state index contributed by atoms with van der Waals surface area (Å²) in [6.07, 6.45) is 9.53. The lowest BCUT2D eigenvalue weighted by Gasteiger charge is -2.28. The van der Waals surface area contributed by atoms with Crippen LogP contribution in [0.5, 0.6) is 0 Å². The van der Waals surface area contributed by atoms with Gasteiger partial charge in [-0.05, 0) is 49.8 Å². The van der Waals surface area contributed by atoms with Crippen LogP contribution < -0.4 is 10.4 Å². The van der Waals surface area contributed by atoms with E-state index in [4.69, 9.17) is 4.84 Å². The smallest absolute Gasteiger partial charge is 0.0790 e. The number of piperidine rings is 1. The van der Waals surface area contributed by atoms with Crippen LogP contribution in [0.1, 0.15) is 50.5 Å². The third kappa shape index (κ3) is 3.74. The molecule has 0 atom stereocenters. The van der Waals surface area contributed by atoms with Gasteiger partial charge in [-0.1, -0.05) is 25.0 Å². The molecule has 1 saturated carbocycles. The zero-order valence-corrected chi connectivity index (χ0v) is 12.3. The second kappa shape index (κ2) is 7.09. The molecule has 1 heterocycles. The highest BCUT2D eigenvalue weighted by Gasteiger charge is 2.15. The Hall–Kier alpha value is -1.06. The zero-order chi connectivity index (χ0) is 13.6. The van der Waals surface area contributed by atoms with Gasteiger partial charge >= 0.3 is 0 Å². The molecule has 3 heteroatoms. The third-order valence-electron chi connectivity index (χ3n) is 4.49.